The minimum atomic E-state index is -0.143. The number of nitrogens with zero attached hydrogens (tertiary/aromatic N) is 2. The van der Waals surface area contributed by atoms with Crippen LogP contribution in [0.3, 0.4) is 0 Å². The van der Waals surface area contributed by atoms with Crippen LogP contribution in [-0.4, -0.2) is 22.1 Å². The number of amides is 1. The Kier molecular flexibility index (Phi) is 3.55. The third kappa shape index (κ3) is 2.93. The van der Waals surface area contributed by atoms with Crippen LogP contribution in [0.15, 0.2) is 43.0 Å². The molecule has 0 bridgehead atoms. The van der Waals surface area contributed by atoms with Gasteiger partial charge in [0.05, 0.1) is 0 Å². The smallest absolute Gasteiger partial charge is 0.326 e. The highest BCUT2D eigenvalue weighted by Gasteiger charge is 2.02. The SMILES string of the molecule is Cc1ccccc1CCNC(=O)n1ccnc1. The molecule has 1 heterocycles. The van der Waals surface area contributed by atoms with Gasteiger partial charge in [0.2, 0.25) is 0 Å². The van der Waals surface area contributed by atoms with Crippen LogP contribution < -0.4 is 5.32 Å². The van der Waals surface area contributed by atoms with Crippen LogP contribution in [-0.2, 0) is 6.42 Å². The highest BCUT2D eigenvalue weighted by molar-refractivity contribution is 5.76. The fourth-order valence-corrected chi connectivity index (χ4v) is 1.67. The number of carbonyl (C=O) groups excluding carboxylic acids is 1. The number of benzene rings is 1. The van der Waals surface area contributed by atoms with Crippen LogP contribution in [0, 0.1) is 6.92 Å². The molecule has 1 aromatic heterocycles. The summed E-state index contributed by atoms with van der Waals surface area (Å²) in [5, 5.41) is 2.84. The van der Waals surface area contributed by atoms with E-state index in [9.17, 15) is 4.79 Å². The average Bonchev–Trinajstić information content (AvgIpc) is 2.85. The third-order valence-corrected chi connectivity index (χ3v) is 2.67. The third-order valence-electron chi connectivity index (χ3n) is 2.67. The van der Waals surface area contributed by atoms with Gasteiger partial charge in [0, 0.05) is 18.9 Å². The number of rotatable bonds is 3. The molecule has 0 radical (unpaired) electrons. The van der Waals surface area contributed by atoms with E-state index in [0.29, 0.717) is 6.54 Å². The summed E-state index contributed by atoms with van der Waals surface area (Å²) in [4.78, 5) is 15.4. The molecular formula is C13H15N3O. The molecule has 1 amide bonds. The molecule has 0 aliphatic rings. The summed E-state index contributed by atoms with van der Waals surface area (Å²) in [7, 11) is 0. The Balaban J connectivity index is 1.84. The molecule has 0 spiro atoms. The standard InChI is InChI=1S/C13H15N3O/c1-11-4-2-3-5-12(11)6-7-15-13(17)16-9-8-14-10-16/h2-5,8-10H,6-7H2,1H3,(H,15,17). The summed E-state index contributed by atoms with van der Waals surface area (Å²) in [6.07, 6.45) is 5.54. The van der Waals surface area contributed by atoms with Gasteiger partial charge in [-0.05, 0) is 24.5 Å². The number of aromatic nitrogens is 2. The number of hydrogen-bond acceptors (Lipinski definition) is 2. The Morgan fingerprint density at radius 3 is 2.94 bits per heavy atom. The van der Waals surface area contributed by atoms with Crippen molar-refractivity contribution in [2.75, 3.05) is 6.54 Å². The highest BCUT2D eigenvalue weighted by Crippen LogP contribution is 2.06. The Labute approximate surface area is 100 Å². The lowest BCUT2D eigenvalue weighted by molar-refractivity contribution is 0.242. The van der Waals surface area contributed by atoms with Gasteiger partial charge in [0.1, 0.15) is 6.33 Å². The first-order chi connectivity index (χ1) is 8.27. The molecule has 1 aromatic carbocycles. The molecule has 2 rings (SSSR count). The van der Waals surface area contributed by atoms with Crippen LogP contribution in [0.25, 0.3) is 0 Å². The van der Waals surface area contributed by atoms with Gasteiger partial charge in [-0.3, -0.25) is 4.57 Å². The number of carbonyl (C=O) groups is 1. The second-order valence-corrected chi connectivity index (χ2v) is 3.88. The normalized spacial score (nSPS) is 10.2. The van der Waals surface area contributed by atoms with Crippen molar-refractivity contribution in [2.24, 2.45) is 0 Å². The zero-order valence-corrected chi connectivity index (χ0v) is 9.76. The van der Waals surface area contributed by atoms with Crippen LogP contribution in [0.1, 0.15) is 11.1 Å². The number of nitrogens with one attached hydrogen (secondary N) is 1. The maximum Gasteiger partial charge on any atom is 0.326 e. The monoisotopic (exact) mass is 229 g/mol. The largest absolute Gasteiger partial charge is 0.337 e. The van der Waals surface area contributed by atoms with Crippen LogP contribution in [0.2, 0.25) is 0 Å². The van der Waals surface area contributed by atoms with Crippen molar-refractivity contribution in [3.05, 3.63) is 54.1 Å². The number of hydrogen-bond donors (Lipinski definition) is 1. The second-order valence-electron chi connectivity index (χ2n) is 3.88. The van der Waals surface area contributed by atoms with E-state index >= 15 is 0 Å². The fraction of sp³-hybridized carbons (Fsp3) is 0.231. The van der Waals surface area contributed by atoms with Gasteiger partial charge < -0.3 is 5.32 Å². The van der Waals surface area contributed by atoms with Crippen LogP contribution in [0.5, 0.6) is 0 Å². The van der Waals surface area contributed by atoms with Crippen molar-refractivity contribution in [1.82, 2.24) is 14.9 Å². The van der Waals surface area contributed by atoms with Crippen molar-refractivity contribution in [3.63, 3.8) is 0 Å². The molecule has 1 N–H and O–H groups in total. The quantitative estimate of drug-likeness (QED) is 0.875. The van der Waals surface area contributed by atoms with E-state index in [2.05, 4.69) is 29.4 Å². The van der Waals surface area contributed by atoms with Gasteiger partial charge in [-0.15, -0.1) is 0 Å². The zero-order valence-electron chi connectivity index (χ0n) is 9.76. The van der Waals surface area contributed by atoms with Crippen molar-refractivity contribution in [3.8, 4) is 0 Å². The molecule has 88 valence electrons. The molecule has 0 aliphatic carbocycles. The van der Waals surface area contributed by atoms with E-state index in [1.165, 1.54) is 22.0 Å². The maximum absolute atomic E-state index is 11.6. The average molecular weight is 229 g/mol. The minimum Gasteiger partial charge on any atom is -0.337 e. The van der Waals surface area contributed by atoms with E-state index in [1.807, 2.05) is 12.1 Å². The minimum absolute atomic E-state index is 0.143. The summed E-state index contributed by atoms with van der Waals surface area (Å²) in [5.41, 5.74) is 2.52. The molecular weight excluding hydrogens is 214 g/mol. The van der Waals surface area contributed by atoms with Gasteiger partial charge in [-0.25, -0.2) is 9.78 Å². The Morgan fingerprint density at radius 1 is 1.41 bits per heavy atom. The van der Waals surface area contributed by atoms with Crippen LogP contribution >= 0.6 is 0 Å². The summed E-state index contributed by atoms with van der Waals surface area (Å²) >= 11 is 0. The molecule has 0 fully saturated rings. The Morgan fingerprint density at radius 2 is 2.24 bits per heavy atom. The molecule has 2 aromatic rings. The summed E-state index contributed by atoms with van der Waals surface area (Å²) in [6.45, 7) is 2.70. The van der Waals surface area contributed by atoms with Crippen molar-refractivity contribution in [2.45, 2.75) is 13.3 Å². The van der Waals surface area contributed by atoms with Crippen molar-refractivity contribution >= 4 is 6.03 Å². The molecule has 0 atom stereocenters. The molecule has 4 nitrogen and oxygen atoms in total. The molecule has 4 heteroatoms. The van der Waals surface area contributed by atoms with Crippen LogP contribution in [0.4, 0.5) is 4.79 Å². The lowest BCUT2D eigenvalue weighted by Crippen LogP contribution is -2.29. The molecule has 0 saturated heterocycles. The van der Waals surface area contributed by atoms with Crippen molar-refractivity contribution < 1.29 is 4.79 Å². The highest BCUT2D eigenvalue weighted by atomic mass is 16.2. The van der Waals surface area contributed by atoms with E-state index in [0.717, 1.165) is 6.42 Å². The second kappa shape index (κ2) is 5.30. The van der Waals surface area contributed by atoms with Gasteiger partial charge in [-0.2, -0.15) is 0 Å². The molecule has 0 aliphatic heterocycles. The van der Waals surface area contributed by atoms with E-state index in [1.54, 1.807) is 12.4 Å². The first kappa shape index (κ1) is 11.4. The van der Waals surface area contributed by atoms with Gasteiger partial charge in [0.15, 0.2) is 0 Å². The first-order valence-corrected chi connectivity index (χ1v) is 5.58. The molecule has 0 unspecified atom stereocenters. The summed E-state index contributed by atoms with van der Waals surface area (Å²) < 4.78 is 1.43. The molecule has 0 saturated carbocycles. The zero-order chi connectivity index (χ0) is 12.1. The van der Waals surface area contributed by atoms with Crippen molar-refractivity contribution in [1.29, 1.82) is 0 Å². The Bertz CT molecular complexity index is 491. The predicted molar refractivity (Wildman–Crippen MR) is 65.9 cm³/mol. The van der Waals surface area contributed by atoms with Gasteiger partial charge >= 0.3 is 6.03 Å². The summed E-state index contributed by atoms with van der Waals surface area (Å²) in [6, 6.07) is 8.05. The Hall–Kier alpha value is -2.10. The summed E-state index contributed by atoms with van der Waals surface area (Å²) in [5.74, 6) is 0. The predicted octanol–water partition coefficient (Wildman–Crippen LogP) is 1.99. The number of imidazole rings is 1. The number of aryl methyl sites for hydroxylation is 1. The maximum atomic E-state index is 11.6. The lowest BCUT2D eigenvalue weighted by Gasteiger charge is -2.07. The van der Waals surface area contributed by atoms with E-state index < -0.39 is 0 Å². The first-order valence-electron chi connectivity index (χ1n) is 5.58. The fourth-order valence-electron chi connectivity index (χ4n) is 1.67. The lowest BCUT2D eigenvalue weighted by atomic mass is 10.1. The topological polar surface area (TPSA) is 46.9 Å². The van der Waals surface area contributed by atoms with Gasteiger partial charge in [0.25, 0.3) is 0 Å². The van der Waals surface area contributed by atoms with E-state index in [-0.39, 0.29) is 6.03 Å². The van der Waals surface area contributed by atoms with E-state index in [4.69, 9.17) is 0 Å². The molecule has 17 heavy (non-hydrogen) atoms. The van der Waals surface area contributed by atoms with Gasteiger partial charge in [-0.1, -0.05) is 24.3 Å².